The van der Waals surface area contributed by atoms with E-state index in [1.807, 2.05) is 25.1 Å². The summed E-state index contributed by atoms with van der Waals surface area (Å²) in [5.41, 5.74) is 15.0. The van der Waals surface area contributed by atoms with Crippen molar-refractivity contribution >= 4 is 29.4 Å². The third kappa shape index (κ3) is 9.71. The number of carbonyl (C=O) groups excluding carboxylic acids is 2. The minimum atomic E-state index is -0.450. The van der Waals surface area contributed by atoms with Gasteiger partial charge in [0, 0.05) is 30.0 Å². The van der Waals surface area contributed by atoms with Gasteiger partial charge in [-0.15, -0.1) is 6.58 Å². The van der Waals surface area contributed by atoms with Gasteiger partial charge in [-0.3, -0.25) is 0 Å². The number of unbranched alkanes of at least 4 members (excludes halogenated alkanes) is 2. The highest BCUT2D eigenvalue weighted by Gasteiger charge is 2.24. The fraction of sp³-hybridized carbons (Fsp3) is 0.419. The van der Waals surface area contributed by atoms with Gasteiger partial charge < -0.3 is 25.7 Å². The molecule has 0 aromatic heterocycles. The van der Waals surface area contributed by atoms with E-state index >= 15 is 0 Å². The molecule has 4 N–H and O–H groups in total. The number of rotatable bonds is 13. The van der Waals surface area contributed by atoms with Crippen molar-refractivity contribution in [3.63, 3.8) is 0 Å². The van der Waals surface area contributed by atoms with Crippen LogP contribution in [0.5, 0.6) is 0 Å². The van der Waals surface area contributed by atoms with Crippen LogP contribution in [0.1, 0.15) is 79.3 Å². The van der Waals surface area contributed by atoms with Gasteiger partial charge in [0.1, 0.15) is 6.10 Å². The van der Waals surface area contributed by atoms with Gasteiger partial charge in [0.25, 0.3) is 0 Å². The number of hydrogen-bond donors (Lipinski definition) is 2. The van der Waals surface area contributed by atoms with Crippen LogP contribution in [0.3, 0.4) is 0 Å². The van der Waals surface area contributed by atoms with E-state index in [4.69, 9.17) is 25.7 Å². The summed E-state index contributed by atoms with van der Waals surface area (Å²) in [5, 5.41) is 0. The molecular weight excluding hydrogens is 480 g/mol. The highest BCUT2D eigenvalue weighted by Crippen LogP contribution is 2.25. The summed E-state index contributed by atoms with van der Waals surface area (Å²) in [6.45, 7) is 6.66. The summed E-state index contributed by atoms with van der Waals surface area (Å²) in [6.07, 6.45) is 11.8. The number of allylic oxidation sites excluding steroid dienone is 1. The molecule has 1 aliphatic carbocycles. The molecule has 204 valence electrons. The van der Waals surface area contributed by atoms with Crippen LogP contribution in [-0.4, -0.2) is 37.4 Å². The van der Waals surface area contributed by atoms with Crippen molar-refractivity contribution in [2.75, 3.05) is 24.7 Å². The van der Waals surface area contributed by atoms with E-state index in [1.54, 1.807) is 36.4 Å². The molecule has 3 rings (SSSR count). The van der Waals surface area contributed by atoms with Crippen LogP contribution in [-0.2, 0) is 19.0 Å². The molecule has 0 aliphatic heterocycles. The predicted octanol–water partition coefficient (Wildman–Crippen LogP) is 6.05. The van der Waals surface area contributed by atoms with Crippen LogP contribution in [0, 0.1) is 0 Å². The molecule has 0 radical (unpaired) electrons. The Kier molecular flexibility index (Phi) is 11.4. The molecule has 0 heterocycles. The lowest BCUT2D eigenvalue weighted by molar-refractivity contribution is -0.138. The fourth-order valence-corrected chi connectivity index (χ4v) is 4.41. The average Bonchev–Trinajstić information content (AvgIpc) is 2.91. The first-order valence-corrected chi connectivity index (χ1v) is 13.4. The largest absolute Gasteiger partial charge is 0.462 e. The first-order chi connectivity index (χ1) is 18.3. The zero-order valence-electron chi connectivity index (χ0n) is 22.3. The van der Waals surface area contributed by atoms with Crippen molar-refractivity contribution in [1.29, 1.82) is 0 Å². The molecule has 7 heteroatoms. The van der Waals surface area contributed by atoms with Crippen molar-refractivity contribution in [3.8, 4) is 0 Å². The Bertz CT molecular complexity index is 1070. The highest BCUT2D eigenvalue weighted by molar-refractivity contribution is 5.90. The summed E-state index contributed by atoms with van der Waals surface area (Å²) in [6, 6.07) is 12.3. The van der Waals surface area contributed by atoms with Gasteiger partial charge in [-0.05, 0) is 92.5 Å². The molecule has 0 saturated heterocycles. The van der Waals surface area contributed by atoms with Crippen LogP contribution in [0.25, 0.3) is 6.08 Å². The quantitative estimate of drug-likeness (QED) is 0.109. The van der Waals surface area contributed by atoms with Crippen LogP contribution >= 0.6 is 0 Å². The zero-order valence-corrected chi connectivity index (χ0v) is 22.3. The average molecular weight is 521 g/mol. The van der Waals surface area contributed by atoms with E-state index in [0.717, 1.165) is 62.7 Å². The molecule has 1 fully saturated rings. The number of hydrogen-bond acceptors (Lipinski definition) is 7. The number of anilines is 2. The Morgan fingerprint density at radius 2 is 1.66 bits per heavy atom. The van der Waals surface area contributed by atoms with Crippen molar-refractivity contribution in [1.82, 2.24) is 0 Å². The molecule has 2 aromatic carbocycles. The second kappa shape index (κ2) is 15.0. The molecule has 1 aliphatic rings. The third-order valence-electron chi connectivity index (χ3n) is 6.65. The normalized spacial score (nSPS) is 18.1. The van der Waals surface area contributed by atoms with Crippen LogP contribution in [0.2, 0.25) is 0 Å². The molecule has 0 amide bonds. The molecule has 7 nitrogen and oxygen atoms in total. The Morgan fingerprint density at radius 3 is 2.32 bits per heavy atom. The lowest BCUT2D eigenvalue weighted by atomic mass is 9.95. The van der Waals surface area contributed by atoms with Gasteiger partial charge in [0.05, 0.1) is 18.3 Å². The molecule has 1 saturated carbocycles. The molecule has 38 heavy (non-hydrogen) atoms. The summed E-state index contributed by atoms with van der Waals surface area (Å²) < 4.78 is 17.0. The smallest absolute Gasteiger partial charge is 0.338 e. The Labute approximate surface area is 225 Å². The van der Waals surface area contributed by atoms with Gasteiger partial charge in [0.2, 0.25) is 0 Å². The van der Waals surface area contributed by atoms with Gasteiger partial charge in [0.15, 0.2) is 0 Å². The number of nitrogens with two attached hydrogens (primary N) is 2. The third-order valence-corrected chi connectivity index (χ3v) is 6.65. The minimum absolute atomic E-state index is 0.0431. The monoisotopic (exact) mass is 520 g/mol. The second-order valence-corrected chi connectivity index (χ2v) is 9.88. The fourth-order valence-electron chi connectivity index (χ4n) is 4.41. The van der Waals surface area contributed by atoms with Gasteiger partial charge >= 0.3 is 11.9 Å². The zero-order chi connectivity index (χ0) is 27.3. The Morgan fingerprint density at radius 1 is 1.00 bits per heavy atom. The molecule has 1 unspecified atom stereocenters. The maximum atomic E-state index is 12.6. The number of carbonyl (C=O) groups is 2. The number of nitrogen functional groups attached to an aromatic ring is 2. The summed E-state index contributed by atoms with van der Waals surface area (Å²) in [4.78, 5) is 24.7. The summed E-state index contributed by atoms with van der Waals surface area (Å²) in [7, 11) is 0. The summed E-state index contributed by atoms with van der Waals surface area (Å²) >= 11 is 0. The van der Waals surface area contributed by atoms with Gasteiger partial charge in [-0.1, -0.05) is 25.1 Å². The van der Waals surface area contributed by atoms with E-state index in [2.05, 4.69) is 6.58 Å². The molecule has 1 atom stereocenters. The molecule has 2 aromatic rings. The van der Waals surface area contributed by atoms with Crippen molar-refractivity contribution in [2.45, 2.75) is 70.0 Å². The van der Waals surface area contributed by atoms with Crippen LogP contribution in [0.15, 0.2) is 61.2 Å². The Balaban J connectivity index is 1.38. The van der Waals surface area contributed by atoms with E-state index in [1.165, 1.54) is 6.08 Å². The number of esters is 2. The Hall–Kier alpha value is -3.58. The lowest BCUT2D eigenvalue weighted by Crippen LogP contribution is -2.28. The van der Waals surface area contributed by atoms with E-state index in [-0.39, 0.29) is 30.7 Å². The molecule has 0 bridgehead atoms. The predicted molar refractivity (Wildman–Crippen MR) is 152 cm³/mol. The maximum Gasteiger partial charge on any atom is 0.338 e. The van der Waals surface area contributed by atoms with Gasteiger partial charge in [-0.25, -0.2) is 9.59 Å². The molecule has 0 spiro atoms. The minimum Gasteiger partial charge on any atom is -0.462 e. The second-order valence-electron chi connectivity index (χ2n) is 9.88. The van der Waals surface area contributed by atoms with E-state index in [0.29, 0.717) is 16.9 Å². The summed E-state index contributed by atoms with van der Waals surface area (Å²) in [5.74, 6) is -0.822. The number of benzene rings is 2. The lowest BCUT2D eigenvalue weighted by Gasteiger charge is -2.28. The van der Waals surface area contributed by atoms with E-state index < -0.39 is 5.97 Å². The number of ether oxygens (including phenoxy) is 3. The van der Waals surface area contributed by atoms with Crippen LogP contribution < -0.4 is 11.5 Å². The van der Waals surface area contributed by atoms with Crippen molar-refractivity contribution in [3.05, 3.63) is 77.9 Å². The van der Waals surface area contributed by atoms with Crippen molar-refractivity contribution < 1.29 is 23.8 Å². The van der Waals surface area contributed by atoms with Crippen molar-refractivity contribution in [2.24, 2.45) is 0 Å². The molecular formula is C31H40N2O5. The first kappa shape index (κ1) is 29.0. The SMILES string of the molecule is C=CCCCCOC1CCC(OC(=O)c2ccc(C=CC(=O)OCC(C)c3cc(N)cc(N)c3)cc2)CC1. The van der Waals surface area contributed by atoms with Crippen LogP contribution in [0.4, 0.5) is 11.4 Å². The topological polar surface area (TPSA) is 114 Å². The van der Waals surface area contributed by atoms with Gasteiger partial charge in [-0.2, -0.15) is 0 Å². The maximum absolute atomic E-state index is 12.6. The van der Waals surface area contributed by atoms with E-state index in [9.17, 15) is 9.59 Å². The highest BCUT2D eigenvalue weighted by atomic mass is 16.5. The first-order valence-electron chi connectivity index (χ1n) is 13.4. The standard InChI is InChI=1S/C31H40N2O5/c1-3-4-5-6-17-36-28-12-14-29(15-13-28)38-31(35)24-10-7-23(8-11-24)9-16-30(34)37-21-22(2)25-18-26(32)20-27(33)19-25/h3,7-11,16,18-20,22,28-29H,1,4-6,12-15,17,21,32-33H2,2H3.